The predicted octanol–water partition coefficient (Wildman–Crippen LogP) is 4.75. The Balaban J connectivity index is 1.62. The molecule has 0 radical (unpaired) electrons. The zero-order chi connectivity index (χ0) is 22.9. The lowest BCUT2D eigenvalue weighted by Gasteiger charge is -2.17. The number of para-hydroxylation sites is 1. The van der Waals surface area contributed by atoms with Crippen LogP contribution in [0.4, 0.5) is 15.9 Å². The first-order valence-corrected chi connectivity index (χ1v) is 11.4. The van der Waals surface area contributed by atoms with Crippen LogP contribution in [0.1, 0.15) is 25.1 Å². The van der Waals surface area contributed by atoms with Crippen LogP contribution >= 0.6 is 0 Å². The molecule has 3 aromatic rings. The summed E-state index contributed by atoms with van der Waals surface area (Å²) in [5.41, 5.74) is 3.22. The van der Waals surface area contributed by atoms with Crippen LogP contribution < -0.4 is 5.32 Å². The van der Waals surface area contributed by atoms with Crippen molar-refractivity contribution >= 4 is 32.4 Å². The van der Waals surface area contributed by atoms with E-state index in [9.17, 15) is 12.8 Å². The Morgan fingerprint density at radius 3 is 2.75 bits per heavy atom. The summed E-state index contributed by atoms with van der Waals surface area (Å²) >= 11 is 0. The Morgan fingerprint density at radius 2 is 2.00 bits per heavy atom. The van der Waals surface area contributed by atoms with Gasteiger partial charge in [0.05, 0.1) is 29.6 Å². The van der Waals surface area contributed by atoms with Gasteiger partial charge in [0.15, 0.2) is 0 Å². The molecule has 0 bridgehead atoms. The maximum atomic E-state index is 14.6. The summed E-state index contributed by atoms with van der Waals surface area (Å²) in [5.74, 6) is -0.354. The standard InChI is InChI=1S/C23H22FN5O2S/c1-4-22(19(24)9-15(2)3)32(30,31)29-12-18-21(13-29)26-14-27-23(18)28-17-10-16-7-5-6-8-20(16)25-11-17/h4-11,14H,2,12-13H2,1,3H3,(H,26,27,28). The SMILES string of the molecule is C=C(C)C=C(F)C(=CC)S(=O)(=O)N1Cc2ncnc(Nc3cnc4ccccc4c3)c2C1. The van der Waals surface area contributed by atoms with Gasteiger partial charge in [0.1, 0.15) is 22.9 Å². The zero-order valence-corrected chi connectivity index (χ0v) is 18.5. The zero-order valence-electron chi connectivity index (χ0n) is 17.7. The topological polar surface area (TPSA) is 88.1 Å². The first kappa shape index (κ1) is 21.8. The highest BCUT2D eigenvalue weighted by molar-refractivity contribution is 7.93. The molecule has 3 heterocycles. The number of hydrogen-bond donors (Lipinski definition) is 1. The summed E-state index contributed by atoms with van der Waals surface area (Å²) in [6.45, 7) is 6.75. The molecule has 0 fully saturated rings. The van der Waals surface area contributed by atoms with E-state index in [1.165, 1.54) is 23.6 Å². The monoisotopic (exact) mass is 451 g/mol. The molecule has 0 atom stereocenters. The number of sulfonamides is 1. The number of halogens is 1. The van der Waals surface area contributed by atoms with Crippen LogP contribution in [0.25, 0.3) is 10.9 Å². The van der Waals surface area contributed by atoms with Crippen molar-refractivity contribution in [2.24, 2.45) is 0 Å². The minimum absolute atomic E-state index is 0.0273. The predicted molar refractivity (Wildman–Crippen MR) is 123 cm³/mol. The third kappa shape index (κ3) is 4.17. The number of fused-ring (bicyclic) bond motifs is 2. The second kappa shape index (κ2) is 8.60. The number of anilines is 2. The number of nitrogens with zero attached hydrogens (tertiary/aromatic N) is 4. The average Bonchev–Trinajstić information content (AvgIpc) is 3.20. The highest BCUT2D eigenvalue weighted by atomic mass is 32.2. The summed E-state index contributed by atoms with van der Waals surface area (Å²) in [7, 11) is -4.08. The lowest BCUT2D eigenvalue weighted by Crippen LogP contribution is -2.27. The quantitative estimate of drug-likeness (QED) is 0.544. The number of hydrogen-bond acceptors (Lipinski definition) is 6. The van der Waals surface area contributed by atoms with Crippen molar-refractivity contribution < 1.29 is 12.8 Å². The van der Waals surface area contributed by atoms with E-state index in [4.69, 9.17) is 0 Å². The van der Waals surface area contributed by atoms with Gasteiger partial charge in [-0.15, -0.1) is 0 Å². The molecule has 32 heavy (non-hydrogen) atoms. The van der Waals surface area contributed by atoms with Crippen LogP contribution in [0.2, 0.25) is 0 Å². The lowest BCUT2D eigenvalue weighted by molar-refractivity contribution is 0.434. The van der Waals surface area contributed by atoms with E-state index in [1.807, 2.05) is 30.3 Å². The molecule has 164 valence electrons. The normalized spacial score (nSPS) is 15.1. The maximum absolute atomic E-state index is 14.6. The fourth-order valence-electron chi connectivity index (χ4n) is 3.54. The summed E-state index contributed by atoms with van der Waals surface area (Å²) in [6.07, 6.45) is 5.42. The van der Waals surface area contributed by atoms with Gasteiger partial charge in [-0.25, -0.2) is 22.8 Å². The molecule has 1 N–H and O–H groups in total. The largest absolute Gasteiger partial charge is 0.339 e. The Morgan fingerprint density at radius 1 is 1.22 bits per heavy atom. The molecule has 1 aliphatic heterocycles. The number of nitrogens with one attached hydrogen (secondary N) is 1. The van der Waals surface area contributed by atoms with Gasteiger partial charge in [-0.3, -0.25) is 4.98 Å². The Kier molecular flexibility index (Phi) is 5.86. The second-order valence-electron chi connectivity index (χ2n) is 7.45. The highest BCUT2D eigenvalue weighted by Crippen LogP contribution is 2.34. The number of benzene rings is 1. The molecule has 0 aliphatic carbocycles. The molecule has 0 saturated carbocycles. The van der Waals surface area contributed by atoms with E-state index in [0.29, 0.717) is 22.6 Å². The van der Waals surface area contributed by atoms with Crippen molar-refractivity contribution in [1.82, 2.24) is 19.3 Å². The number of allylic oxidation sites excluding steroid dienone is 4. The van der Waals surface area contributed by atoms with Gasteiger partial charge >= 0.3 is 0 Å². The third-order valence-electron chi connectivity index (χ3n) is 5.04. The van der Waals surface area contributed by atoms with Gasteiger partial charge in [-0.2, -0.15) is 4.31 Å². The fraction of sp³-hybridized carbons (Fsp3) is 0.174. The van der Waals surface area contributed by atoms with Gasteiger partial charge in [0.2, 0.25) is 10.0 Å². The van der Waals surface area contributed by atoms with E-state index >= 15 is 0 Å². The molecular weight excluding hydrogens is 429 g/mol. The maximum Gasteiger partial charge on any atom is 0.246 e. The minimum Gasteiger partial charge on any atom is -0.339 e. The van der Waals surface area contributed by atoms with Crippen LogP contribution in [0.15, 0.2) is 77.9 Å². The van der Waals surface area contributed by atoms with Gasteiger partial charge < -0.3 is 5.32 Å². The number of rotatable bonds is 6. The van der Waals surface area contributed by atoms with Crippen molar-refractivity contribution in [3.8, 4) is 0 Å². The van der Waals surface area contributed by atoms with Crippen molar-refractivity contribution in [2.75, 3.05) is 5.32 Å². The summed E-state index contributed by atoms with van der Waals surface area (Å²) in [5, 5.41) is 4.18. The summed E-state index contributed by atoms with van der Waals surface area (Å²) < 4.78 is 42.0. The van der Waals surface area contributed by atoms with E-state index in [-0.39, 0.29) is 13.1 Å². The molecule has 2 aromatic heterocycles. The van der Waals surface area contributed by atoms with E-state index < -0.39 is 20.8 Å². The molecule has 9 heteroatoms. The van der Waals surface area contributed by atoms with Crippen molar-refractivity contribution in [3.05, 3.63) is 89.1 Å². The molecule has 4 rings (SSSR count). The lowest BCUT2D eigenvalue weighted by atomic mass is 10.2. The Labute approximate surface area is 186 Å². The molecule has 0 spiro atoms. The molecule has 0 saturated heterocycles. The van der Waals surface area contributed by atoms with Gasteiger partial charge in [-0.1, -0.05) is 36.4 Å². The van der Waals surface area contributed by atoms with Crippen LogP contribution in [0.3, 0.4) is 0 Å². The first-order valence-electron chi connectivity index (χ1n) is 9.93. The molecule has 7 nitrogen and oxygen atoms in total. The van der Waals surface area contributed by atoms with Crippen LogP contribution in [0, 0.1) is 0 Å². The van der Waals surface area contributed by atoms with Crippen LogP contribution in [-0.4, -0.2) is 27.7 Å². The summed E-state index contributed by atoms with van der Waals surface area (Å²) in [4.78, 5) is 12.6. The molecular formula is C23H22FN5O2S. The van der Waals surface area contributed by atoms with E-state index in [0.717, 1.165) is 22.7 Å². The molecule has 1 aliphatic rings. The van der Waals surface area contributed by atoms with Gasteiger partial charge in [-0.05, 0) is 32.1 Å². The van der Waals surface area contributed by atoms with Crippen LogP contribution in [0.5, 0.6) is 0 Å². The van der Waals surface area contributed by atoms with E-state index in [1.54, 1.807) is 13.1 Å². The molecule has 0 unspecified atom stereocenters. The van der Waals surface area contributed by atoms with Crippen molar-refractivity contribution in [2.45, 2.75) is 26.9 Å². The Bertz CT molecular complexity index is 1380. The minimum atomic E-state index is -4.08. The van der Waals surface area contributed by atoms with Crippen molar-refractivity contribution in [1.29, 1.82) is 0 Å². The average molecular weight is 452 g/mol. The van der Waals surface area contributed by atoms with Gasteiger partial charge in [0, 0.05) is 17.5 Å². The number of aromatic nitrogens is 3. The van der Waals surface area contributed by atoms with Crippen molar-refractivity contribution in [3.63, 3.8) is 0 Å². The molecule has 1 aromatic carbocycles. The first-order chi connectivity index (χ1) is 15.3. The summed E-state index contributed by atoms with van der Waals surface area (Å²) in [6, 6.07) is 9.67. The third-order valence-corrected chi connectivity index (χ3v) is 6.96. The van der Waals surface area contributed by atoms with Gasteiger partial charge in [0.25, 0.3) is 0 Å². The smallest absolute Gasteiger partial charge is 0.246 e. The highest BCUT2D eigenvalue weighted by Gasteiger charge is 2.35. The van der Waals surface area contributed by atoms with E-state index in [2.05, 4.69) is 26.8 Å². The number of pyridine rings is 1. The molecule has 0 amide bonds. The second-order valence-corrected chi connectivity index (χ2v) is 9.36. The Hall–Kier alpha value is -3.43. The fourth-order valence-corrected chi connectivity index (χ4v) is 5.01. The van der Waals surface area contributed by atoms with Crippen LogP contribution in [-0.2, 0) is 23.1 Å².